The van der Waals surface area contributed by atoms with Gasteiger partial charge in [0, 0.05) is 18.7 Å². The molecule has 19 heavy (non-hydrogen) atoms. The molecule has 1 aromatic rings. The number of rotatable bonds is 7. The minimum Gasteiger partial charge on any atom is -0.371 e. The highest BCUT2D eigenvalue weighted by Crippen LogP contribution is 2.14. The largest absolute Gasteiger partial charge is 0.411 e. The van der Waals surface area contributed by atoms with Gasteiger partial charge in [-0.1, -0.05) is 0 Å². The summed E-state index contributed by atoms with van der Waals surface area (Å²) >= 11 is 0. The van der Waals surface area contributed by atoms with Crippen molar-refractivity contribution in [1.29, 1.82) is 0 Å². The summed E-state index contributed by atoms with van der Waals surface area (Å²) in [5, 5.41) is 5.59. The highest BCUT2D eigenvalue weighted by Gasteiger charge is 2.27. The van der Waals surface area contributed by atoms with E-state index in [9.17, 15) is 21.6 Å². The second-order valence-corrected chi connectivity index (χ2v) is 5.20. The van der Waals surface area contributed by atoms with Gasteiger partial charge in [0.05, 0.1) is 12.8 Å². The van der Waals surface area contributed by atoms with Crippen molar-refractivity contribution in [2.45, 2.75) is 17.7 Å². The molecule has 0 aliphatic heterocycles. The Kier molecular flexibility index (Phi) is 5.29. The minimum atomic E-state index is -4.44. The Morgan fingerprint density at radius 3 is 2.74 bits per heavy atom. The number of ether oxygens (including phenoxy) is 1. The molecule has 0 aliphatic rings. The molecule has 0 saturated heterocycles. The van der Waals surface area contributed by atoms with Gasteiger partial charge < -0.3 is 10.5 Å². The molecule has 0 bridgehead atoms. The maximum absolute atomic E-state index is 11.7. The smallest absolute Gasteiger partial charge is 0.371 e. The van der Waals surface area contributed by atoms with Gasteiger partial charge in [-0.25, -0.2) is 13.1 Å². The van der Waals surface area contributed by atoms with Crippen LogP contribution in [0, 0.1) is 0 Å². The summed E-state index contributed by atoms with van der Waals surface area (Å²) < 4.78 is 65.0. The zero-order valence-electron chi connectivity index (χ0n) is 9.70. The van der Waals surface area contributed by atoms with E-state index in [4.69, 9.17) is 5.73 Å². The Morgan fingerprint density at radius 1 is 1.47 bits per heavy atom. The zero-order chi connectivity index (χ0) is 14.5. The van der Waals surface area contributed by atoms with Crippen molar-refractivity contribution < 1.29 is 26.3 Å². The number of sulfonamides is 1. The number of H-pyrrole nitrogens is 1. The highest BCUT2D eigenvalue weighted by atomic mass is 32.2. The number of nitrogens with zero attached hydrogens (tertiary/aromatic N) is 1. The van der Waals surface area contributed by atoms with Crippen LogP contribution in [0.5, 0.6) is 0 Å². The molecule has 0 atom stereocenters. The molecular formula is C8H13F3N4O3S. The predicted octanol–water partition coefficient (Wildman–Crippen LogP) is -0.274. The number of hydrogen-bond donors (Lipinski definition) is 3. The first-order chi connectivity index (χ1) is 8.76. The lowest BCUT2D eigenvalue weighted by Gasteiger charge is -2.08. The number of hydrogen-bond acceptors (Lipinski definition) is 5. The first-order valence-electron chi connectivity index (χ1n) is 5.13. The van der Waals surface area contributed by atoms with E-state index in [-0.39, 0.29) is 23.7 Å². The van der Waals surface area contributed by atoms with Gasteiger partial charge in [0.1, 0.15) is 6.61 Å². The highest BCUT2D eigenvalue weighted by molar-refractivity contribution is 7.89. The normalized spacial score (nSPS) is 12.8. The molecule has 0 saturated carbocycles. The summed E-state index contributed by atoms with van der Waals surface area (Å²) in [6.45, 7) is -2.14. The van der Waals surface area contributed by atoms with Crippen LogP contribution in [-0.4, -0.2) is 44.5 Å². The van der Waals surface area contributed by atoms with Gasteiger partial charge in [0.2, 0.25) is 0 Å². The molecule has 4 N–H and O–H groups in total. The standard InChI is InChI=1S/C8H13F3N4O3S/c9-8(10,11)5-18-2-1-14-19(16,17)7-6(3-12)4-13-15-7/h4,14H,1-3,5,12H2,(H,13,15). The summed E-state index contributed by atoms with van der Waals surface area (Å²) in [4.78, 5) is 0. The molecule has 0 amide bonds. The van der Waals surface area contributed by atoms with Crippen molar-refractivity contribution in [1.82, 2.24) is 14.9 Å². The summed E-state index contributed by atoms with van der Waals surface area (Å²) in [6, 6.07) is 0. The molecule has 0 spiro atoms. The summed E-state index contributed by atoms with van der Waals surface area (Å²) in [5.41, 5.74) is 5.60. The number of halogens is 3. The van der Waals surface area contributed by atoms with Crippen LogP contribution in [-0.2, 0) is 21.3 Å². The molecule has 110 valence electrons. The molecule has 1 heterocycles. The third-order valence-electron chi connectivity index (χ3n) is 1.97. The van der Waals surface area contributed by atoms with Crippen molar-refractivity contribution in [3.63, 3.8) is 0 Å². The summed E-state index contributed by atoms with van der Waals surface area (Å²) in [5.74, 6) is 0. The van der Waals surface area contributed by atoms with E-state index in [2.05, 4.69) is 19.7 Å². The minimum absolute atomic E-state index is 0.0304. The topological polar surface area (TPSA) is 110 Å². The van der Waals surface area contributed by atoms with Gasteiger partial charge in [0.25, 0.3) is 10.0 Å². The number of nitrogens with one attached hydrogen (secondary N) is 2. The van der Waals surface area contributed by atoms with Crippen molar-refractivity contribution in [3.8, 4) is 0 Å². The van der Waals surface area contributed by atoms with Crippen LogP contribution < -0.4 is 10.5 Å². The van der Waals surface area contributed by atoms with E-state index in [1.165, 1.54) is 6.20 Å². The van der Waals surface area contributed by atoms with Crippen LogP contribution in [0.25, 0.3) is 0 Å². The number of nitrogens with two attached hydrogens (primary N) is 1. The molecule has 0 radical (unpaired) electrons. The second kappa shape index (κ2) is 6.32. The monoisotopic (exact) mass is 302 g/mol. The van der Waals surface area contributed by atoms with Crippen LogP contribution in [0.2, 0.25) is 0 Å². The van der Waals surface area contributed by atoms with Crippen molar-refractivity contribution in [3.05, 3.63) is 11.8 Å². The number of aromatic nitrogens is 2. The lowest BCUT2D eigenvalue weighted by molar-refractivity contribution is -0.173. The van der Waals surface area contributed by atoms with Gasteiger partial charge in [-0.15, -0.1) is 0 Å². The lowest BCUT2D eigenvalue weighted by Crippen LogP contribution is -2.30. The fourth-order valence-electron chi connectivity index (χ4n) is 1.19. The number of alkyl halides is 3. The fourth-order valence-corrected chi connectivity index (χ4v) is 2.34. The van der Waals surface area contributed by atoms with Gasteiger partial charge in [0.15, 0.2) is 5.03 Å². The Labute approximate surface area is 107 Å². The third-order valence-corrected chi connectivity index (χ3v) is 3.45. The number of aromatic amines is 1. The van der Waals surface area contributed by atoms with E-state index in [0.29, 0.717) is 0 Å². The Bertz CT molecular complexity index is 500. The van der Waals surface area contributed by atoms with Crippen molar-refractivity contribution in [2.75, 3.05) is 19.8 Å². The molecule has 1 rings (SSSR count). The van der Waals surface area contributed by atoms with Gasteiger partial charge in [-0.05, 0) is 0 Å². The molecule has 0 fully saturated rings. The fraction of sp³-hybridized carbons (Fsp3) is 0.625. The summed E-state index contributed by atoms with van der Waals surface area (Å²) in [7, 11) is -3.88. The van der Waals surface area contributed by atoms with Crippen LogP contribution in [0.1, 0.15) is 5.56 Å². The molecule has 0 unspecified atom stereocenters. The van der Waals surface area contributed by atoms with Gasteiger partial charge >= 0.3 is 6.18 Å². The molecule has 7 nitrogen and oxygen atoms in total. The molecule has 0 aliphatic carbocycles. The average molecular weight is 302 g/mol. The van der Waals surface area contributed by atoms with Crippen LogP contribution in [0.15, 0.2) is 11.2 Å². The van der Waals surface area contributed by atoms with Crippen molar-refractivity contribution >= 4 is 10.0 Å². The van der Waals surface area contributed by atoms with E-state index in [0.717, 1.165) is 0 Å². The molecule has 1 aromatic heterocycles. The van der Waals surface area contributed by atoms with Crippen LogP contribution in [0.3, 0.4) is 0 Å². The van der Waals surface area contributed by atoms with Crippen LogP contribution in [0.4, 0.5) is 13.2 Å². The maximum atomic E-state index is 11.7. The van der Waals surface area contributed by atoms with E-state index >= 15 is 0 Å². The van der Waals surface area contributed by atoms with Crippen LogP contribution >= 0.6 is 0 Å². The maximum Gasteiger partial charge on any atom is 0.411 e. The Hall–Kier alpha value is -1.17. The van der Waals surface area contributed by atoms with Crippen molar-refractivity contribution in [2.24, 2.45) is 5.73 Å². The quantitative estimate of drug-likeness (QED) is 0.600. The Balaban J connectivity index is 2.44. The van der Waals surface area contributed by atoms with Gasteiger partial charge in [-0.2, -0.15) is 18.3 Å². The molecule has 11 heteroatoms. The average Bonchev–Trinajstić information content (AvgIpc) is 2.75. The third kappa shape index (κ3) is 5.14. The van der Waals surface area contributed by atoms with E-state index < -0.39 is 29.4 Å². The second-order valence-electron chi connectivity index (χ2n) is 3.49. The summed E-state index contributed by atoms with van der Waals surface area (Å²) in [6.07, 6.45) is -3.18. The Morgan fingerprint density at radius 2 is 2.16 bits per heavy atom. The lowest BCUT2D eigenvalue weighted by atomic mass is 10.4. The van der Waals surface area contributed by atoms with Gasteiger partial charge in [-0.3, -0.25) is 5.10 Å². The first-order valence-corrected chi connectivity index (χ1v) is 6.61. The molecular weight excluding hydrogens is 289 g/mol. The zero-order valence-corrected chi connectivity index (χ0v) is 10.5. The van der Waals surface area contributed by atoms with E-state index in [1.807, 2.05) is 0 Å². The first kappa shape index (κ1) is 15.9. The SMILES string of the molecule is NCc1cn[nH]c1S(=O)(=O)NCCOCC(F)(F)F. The van der Waals surface area contributed by atoms with E-state index in [1.54, 1.807) is 0 Å². The predicted molar refractivity (Wildman–Crippen MR) is 58.5 cm³/mol. The molecule has 0 aromatic carbocycles.